The Labute approximate surface area is 353 Å². The SMILES string of the molecule is Cl.N[C@H]1CCc2c(C(=O)Nc3ccc(F)c(Cl)c3)ccc(F)c21.O=C(Nc1ccc(F)c(Cl)c1)c1ccc(F)c2c1CC[C@@H]2NS(=O)(=O)C1CC1.O=S(=O)(Cl)C1CC1. The Kier molecular flexibility index (Phi) is 14.5. The van der Waals surface area contributed by atoms with Crippen LogP contribution in [0.4, 0.5) is 28.9 Å². The highest BCUT2D eigenvalue weighted by molar-refractivity contribution is 8.14. The molecule has 0 radical (unpaired) electrons. The van der Waals surface area contributed by atoms with Crippen LogP contribution >= 0.6 is 46.3 Å². The van der Waals surface area contributed by atoms with Crippen LogP contribution in [-0.2, 0) is 31.9 Å². The van der Waals surface area contributed by atoms with E-state index in [9.17, 15) is 44.0 Å². The van der Waals surface area contributed by atoms with Gasteiger partial charge in [0.25, 0.3) is 11.8 Å². The summed E-state index contributed by atoms with van der Waals surface area (Å²) in [4.78, 5) is 25.1. The summed E-state index contributed by atoms with van der Waals surface area (Å²) < 4.78 is 102. The van der Waals surface area contributed by atoms with Crippen LogP contribution in [0.5, 0.6) is 0 Å². The van der Waals surface area contributed by atoms with Gasteiger partial charge in [-0.05, 0) is 123 Å². The molecule has 2 atom stereocenters. The third-order valence-electron chi connectivity index (χ3n) is 9.75. The summed E-state index contributed by atoms with van der Waals surface area (Å²) in [7, 11) is -1.74. The van der Waals surface area contributed by atoms with Gasteiger partial charge in [0.15, 0.2) is 0 Å². The first kappa shape index (κ1) is 45.6. The number of nitrogens with one attached hydrogen (secondary N) is 3. The number of rotatable bonds is 8. The van der Waals surface area contributed by atoms with Gasteiger partial charge >= 0.3 is 0 Å². The van der Waals surface area contributed by atoms with E-state index in [1.54, 1.807) is 0 Å². The average molecular weight is 927 g/mol. The molecule has 4 aromatic carbocycles. The van der Waals surface area contributed by atoms with E-state index in [2.05, 4.69) is 15.4 Å². The molecule has 2 amide bonds. The quantitative estimate of drug-likeness (QED) is 0.101. The Morgan fingerprint density at radius 3 is 1.48 bits per heavy atom. The summed E-state index contributed by atoms with van der Waals surface area (Å²) >= 11 is 11.4. The Balaban J connectivity index is 0.000000190. The third kappa shape index (κ3) is 10.8. The van der Waals surface area contributed by atoms with E-state index >= 15 is 0 Å². The number of hydrogen-bond donors (Lipinski definition) is 4. The largest absolute Gasteiger partial charge is 0.324 e. The van der Waals surface area contributed by atoms with Gasteiger partial charge in [0, 0.05) is 50.4 Å². The normalized spacial score (nSPS) is 18.0. The molecular formula is C38H36Cl4F4N4O6S2. The van der Waals surface area contributed by atoms with Gasteiger partial charge in [0.2, 0.25) is 19.1 Å². The number of amides is 2. The molecule has 8 rings (SSSR count). The lowest BCUT2D eigenvalue weighted by molar-refractivity contribution is 0.101. The first-order chi connectivity index (χ1) is 26.8. The van der Waals surface area contributed by atoms with Crippen LogP contribution in [-0.4, -0.2) is 39.1 Å². The summed E-state index contributed by atoms with van der Waals surface area (Å²) in [5, 5.41) is 4.42. The van der Waals surface area contributed by atoms with Crippen LogP contribution in [0.25, 0.3) is 0 Å². The monoisotopic (exact) mass is 924 g/mol. The summed E-state index contributed by atoms with van der Waals surface area (Å²) in [5.74, 6) is -2.99. The smallest absolute Gasteiger partial charge is 0.255 e. The Morgan fingerprint density at radius 1 is 0.621 bits per heavy atom. The Morgan fingerprint density at radius 2 is 1.05 bits per heavy atom. The van der Waals surface area contributed by atoms with Crippen molar-refractivity contribution in [3.05, 3.63) is 127 Å². The minimum atomic E-state index is -3.49. The molecule has 0 aromatic heterocycles. The van der Waals surface area contributed by atoms with E-state index in [0.29, 0.717) is 72.2 Å². The lowest BCUT2D eigenvalue weighted by Gasteiger charge is -2.16. The number of carbonyl (C=O) groups is 2. The van der Waals surface area contributed by atoms with Crippen LogP contribution in [0.2, 0.25) is 10.0 Å². The van der Waals surface area contributed by atoms with Crippen LogP contribution in [0.3, 0.4) is 0 Å². The predicted molar refractivity (Wildman–Crippen MR) is 218 cm³/mol. The number of fused-ring (bicyclic) bond motifs is 2. The minimum absolute atomic E-state index is 0. The van der Waals surface area contributed by atoms with Crippen LogP contribution in [0.15, 0.2) is 60.7 Å². The molecule has 20 heteroatoms. The third-order valence-corrected chi connectivity index (χ3v) is 14.3. The summed E-state index contributed by atoms with van der Waals surface area (Å²) in [6.07, 6.45) is 4.65. The number of benzene rings is 4. The van der Waals surface area contributed by atoms with Crippen molar-refractivity contribution >= 4 is 88.6 Å². The zero-order valence-corrected chi connectivity index (χ0v) is 34.9. The Bertz CT molecular complexity index is 2480. The molecule has 58 heavy (non-hydrogen) atoms. The highest BCUT2D eigenvalue weighted by Gasteiger charge is 2.40. The topological polar surface area (TPSA) is 165 Å². The molecule has 2 fully saturated rings. The van der Waals surface area contributed by atoms with Gasteiger partial charge in [0.1, 0.15) is 23.3 Å². The molecule has 0 aliphatic heterocycles. The fourth-order valence-corrected chi connectivity index (χ4v) is 9.75. The number of halogens is 8. The van der Waals surface area contributed by atoms with Crippen LogP contribution in [0.1, 0.15) is 93.6 Å². The molecular weight excluding hydrogens is 890 g/mol. The second-order valence-electron chi connectivity index (χ2n) is 13.9. The average Bonchev–Trinajstić information content (AvgIpc) is 4.08. The van der Waals surface area contributed by atoms with E-state index in [-0.39, 0.29) is 50.7 Å². The lowest BCUT2D eigenvalue weighted by atomic mass is 10.0. The first-order valence-corrected chi connectivity index (χ1v) is 22.4. The fraction of sp³-hybridized carbons (Fsp3) is 0.316. The van der Waals surface area contributed by atoms with E-state index in [4.69, 9.17) is 39.6 Å². The molecule has 0 heterocycles. The van der Waals surface area contributed by atoms with Crippen molar-refractivity contribution in [2.24, 2.45) is 5.73 Å². The van der Waals surface area contributed by atoms with Crippen molar-refractivity contribution in [2.45, 2.75) is 74.0 Å². The molecule has 10 nitrogen and oxygen atoms in total. The lowest BCUT2D eigenvalue weighted by Crippen LogP contribution is -2.30. The molecule has 2 saturated carbocycles. The maximum Gasteiger partial charge on any atom is 0.255 e. The molecule has 4 aliphatic carbocycles. The van der Waals surface area contributed by atoms with Gasteiger partial charge in [-0.2, -0.15) is 0 Å². The second-order valence-corrected chi connectivity index (χ2v) is 19.6. The fourth-order valence-electron chi connectivity index (χ4n) is 6.58. The number of anilines is 2. The van der Waals surface area contributed by atoms with Gasteiger partial charge in [0.05, 0.1) is 26.6 Å². The van der Waals surface area contributed by atoms with E-state index in [1.807, 2.05) is 0 Å². The maximum atomic E-state index is 14.5. The summed E-state index contributed by atoms with van der Waals surface area (Å²) in [6, 6.07) is 11.8. The van der Waals surface area contributed by atoms with Gasteiger partial charge in [-0.3, -0.25) is 9.59 Å². The van der Waals surface area contributed by atoms with Crippen molar-refractivity contribution in [3.8, 4) is 0 Å². The van der Waals surface area contributed by atoms with Gasteiger partial charge in [-0.25, -0.2) is 39.1 Å². The van der Waals surface area contributed by atoms with Gasteiger partial charge in [-0.1, -0.05) is 23.2 Å². The molecule has 0 unspecified atom stereocenters. The first-order valence-electron chi connectivity index (χ1n) is 17.7. The number of hydrogen-bond acceptors (Lipinski definition) is 7. The maximum absolute atomic E-state index is 14.5. The molecule has 312 valence electrons. The zero-order valence-electron chi connectivity index (χ0n) is 30.1. The van der Waals surface area contributed by atoms with E-state index in [1.165, 1.54) is 48.5 Å². The van der Waals surface area contributed by atoms with E-state index in [0.717, 1.165) is 25.0 Å². The van der Waals surface area contributed by atoms with Gasteiger partial charge < -0.3 is 16.4 Å². The number of nitrogens with two attached hydrogens (primary N) is 1. The number of sulfonamides is 1. The summed E-state index contributed by atoms with van der Waals surface area (Å²) in [6.45, 7) is 0. The molecule has 4 aromatic rings. The minimum Gasteiger partial charge on any atom is -0.324 e. The highest BCUT2D eigenvalue weighted by Crippen LogP contribution is 2.39. The van der Waals surface area contributed by atoms with Crippen molar-refractivity contribution < 1.29 is 44.0 Å². The number of carbonyl (C=O) groups excluding carboxylic acids is 2. The van der Waals surface area contributed by atoms with E-state index < -0.39 is 59.6 Å². The van der Waals surface area contributed by atoms with Crippen molar-refractivity contribution in [2.75, 3.05) is 10.6 Å². The van der Waals surface area contributed by atoms with Crippen molar-refractivity contribution in [1.82, 2.24) is 4.72 Å². The molecule has 0 bridgehead atoms. The molecule has 0 spiro atoms. The summed E-state index contributed by atoms with van der Waals surface area (Å²) in [5.41, 5.74) is 8.93. The molecule has 5 N–H and O–H groups in total. The standard InChI is InChI=1S/C19H17ClF2N2O3S.C16H13ClF2N2O.C3H5ClO2S.ClH/c20-14-9-10(1-6-15(14)21)23-19(25)13-4-7-16(22)18-12(13)5-8-17(18)24-28(26,27)11-2-3-11;17-11-7-8(1-4-12(11)18)21-16(22)10-2-5-13(19)15-9(10)3-6-14(15)20;4-7(5,6)3-1-2-3;/h1,4,6-7,9,11,17,24H,2-3,5,8H2,(H,23,25);1-2,4-5,7,14H,3,6,20H2,(H,21,22);3H,1-2H2;1H/t17-;14-;;/m00../s1. The Hall–Kier alpha value is -3.48. The van der Waals surface area contributed by atoms with Crippen molar-refractivity contribution in [1.29, 1.82) is 0 Å². The molecule has 4 aliphatic rings. The highest BCUT2D eigenvalue weighted by atomic mass is 35.7. The van der Waals surface area contributed by atoms with Crippen molar-refractivity contribution in [3.63, 3.8) is 0 Å². The zero-order chi connectivity index (χ0) is 41.4. The van der Waals surface area contributed by atoms with Gasteiger partial charge in [-0.15, -0.1) is 12.4 Å². The second kappa shape index (κ2) is 18.4. The van der Waals surface area contributed by atoms with Crippen LogP contribution in [0, 0.1) is 23.3 Å². The predicted octanol–water partition coefficient (Wildman–Crippen LogP) is 8.90. The van der Waals surface area contributed by atoms with Crippen LogP contribution < -0.4 is 21.1 Å². The molecule has 0 saturated heterocycles.